The maximum Gasteiger partial charge on any atom is 0.152 e. The molecule has 1 aromatic carbocycles. The van der Waals surface area contributed by atoms with E-state index in [1.165, 1.54) is 5.56 Å². The van der Waals surface area contributed by atoms with Gasteiger partial charge in [0, 0.05) is 38.0 Å². The number of allylic oxidation sites excluding steroid dienone is 1. The molecule has 0 bridgehead atoms. The van der Waals surface area contributed by atoms with Crippen molar-refractivity contribution in [3.8, 4) is 0 Å². The Balaban J connectivity index is 2.32. The molecule has 3 N–H and O–H groups in total. The fraction of sp³-hybridized carbons (Fsp3) is 0.450. The van der Waals surface area contributed by atoms with Crippen molar-refractivity contribution >= 4 is 18.1 Å². The van der Waals surface area contributed by atoms with E-state index in [1.807, 2.05) is 19.1 Å². The number of hydrogen-bond acceptors (Lipinski definition) is 5. The smallest absolute Gasteiger partial charge is 0.152 e. The van der Waals surface area contributed by atoms with E-state index in [9.17, 15) is 5.11 Å². The van der Waals surface area contributed by atoms with Crippen molar-refractivity contribution in [3.05, 3.63) is 47.7 Å². The highest BCUT2D eigenvalue weighted by Gasteiger charge is 2.18. The highest BCUT2D eigenvalue weighted by atomic mass is 16.3. The van der Waals surface area contributed by atoms with Crippen LogP contribution < -0.4 is 15.5 Å². The molecule has 5 nitrogen and oxygen atoms in total. The van der Waals surface area contributed by atoms with Gasteiger partial charge in [-0.05, 0) is 37.3 Å². The summed E-state index contributed by atoms with van der Waals surface area (Å²) in [6.07, 6.45) is 4.44. The minimum atomic E-state index is -0.840. The predicted octanol–water partition coefficient (Wildman–Crippen LogP) is 3.11. The Morgan fingerprint density at radius 3 is 2.68 bits per heavy atom. The standard InChI is InChI=1S/C20H30N4O/c1-5-6-17(14-21-4)20(25)23-18-8-7-16(15(2)3)13-19(18)24-11-9-22-10-12-24/h5-8,13-15,20,22-23,25H,4,9-12H2,1-3H3/b6-5-,17-14+. The summed E-state index contributed by atoms with van der Waals surface area (Å²) >= 11 is 0. The van der Waals surface area contributed by atoms with Crippen LogP contribution in [0, 0.1) is 0 Å². The first-order valence-corrected chi connectivity index (χ1v) is 8.89. The Hall–Kier alpha value is -2.11. The highest BCUT2D eigenvalue weighted by Crippen LogP contribution is 2.31. The summed E-state index contributed by atoms with van der Waals surface area (Å²) in [5.74, 6) is 0.462. The average molecular weight is 342 g/mol. The van der Waals surface area contributed by atoms with E-state index in [0.717, 1.165) is 37.6 Å². The normalized spacial score (nSPS) is 17.2. The number of aliphatic hydroxyl groups excluding tert-OH is 1. The molecule has 0 saturated carbocycles. The van der Waals surface area contributed by atoms with Crippen LogP contribution in [0.25, 0.3) is 0 Å². The number of piperazine rings is 1. The zero-order valence-electron chi connectivity index (χ0n) is 15.5. The minimum Gasteiger partial charge on any atom is -0.369 e. The maximum atomic E-state index is 10.6. The molecule has 0 radical (unpaired) electrons. The van der Waals surface area contributed by atoms with Gasteiger partial charge in [0.25, 0.3) is 0 Å². The van der Waals surface area contributed by atoms with Crippen LogP contribution in [0.5, 0.6) is 0 Å². The number of hydrogen-bond donors (Lipinski definition) is 3. The molecule has 1 heterocycles. The second kappa shape index (κ2) is 9.39. The van der Waals surface area contributed by atoms with Gasteiger partial charge in [0.05, 0.1) is 11.4 Å². The molecular weight excluding hydrogens is 312 g/mol. The lowest BCUT2D eigenvalue weighted by Gasteiger charge is -2.32. The third-order valence-electron chi connectivity index (χ3n) is 4.35. The van der Waals surface area contributed by atoms with E-state index in [0.29, 0.717) is 11.5 Å². The Morgan fingerprint density at radius 1 is 1.36 bits per heavy atom. The Morgan fingerprint density at radius 2 is 2.08 bits per heavy atom. The quantitative estimate of drug-likeness (QED) is 0.405. The lowest BCUT2D eigenvalue weighted by molar-refractivity contribution is 0.243. The Kier molecular flexibility index (Phi) is 7.22. The van der Waals surface area contributed by atoms with Crippen molar-refractivity contribution in [3.63, 3.8) is 0 Å². The van der Waals surface area contributed by atoms with Crippen LogP contribution in [-0.2, 0) is 0 Å². The third-order valence-corrected chi connectivity index (χ3v) is 4.35. The summed E-state index contributed by atoms with van der Waals surface area (Å²) < 4.78 is 0. The van der Waals surface area contributed by atoms with E-state index in [2.05, 4.69) is 59.3 Å². The van der Waals surface area contributed by atoms with Crippen LogP contribution in [0.3, 0.4) is 0 Å². The summed E-state index contributed by atoms with van der Waals surface area (Å²) in [4.78, 5) is 6.15. The van der Waals surface area contributed by atoms with E-state index in [1.54, 1.807) is 6.20 Å². The first-order valence-electron chi connectivity index (χ1n) is 8.89. The van der Waals surface area contributed by atoms with Gasteiger partial charge in [-0.25, -0.2) is 0 Å². The summed E-state index contributed by atoms with van der Waals surface area (Å²) in [6, 6.07) is 6.41. The van der Waals surface area contributed by atoms with Crippen LogP contribution in [0.1, 0.15) is 32.3 Å². The molecule has 0 amide bonds. The fourth-order valence-electron chi connectivity index (χ4n) is 2.93. The van der Waals surface area contributed by atoms with Gasteiger partial charge in [-0.15, -0.1) is 0 Å². The van der Waals surface area contributed by atoms with Gasteiger partial charge in [0.15, 0.2) is 6.23 Å². The molecule has 2 rings (SSSR count). The van der Waals surface area contributed by atoms with Crippen molar-refractivity contribution < 1.29 is 5.11 Å². The van der Waals surface area contributed by atoms with Crippen LogP contribution >= 0.6 is 0 Å². The van der Waals surface area contributed by atoms with Crippen LogP contribution in [-0.4, -0.2) is 44.2 Å². The monoisotopic (exact) mass is 342 g/mol. The van der Waals surface area contributed by atoms with Gasteiger partial charge in [-0.2, -0.15) is 0 Å². The number of nitrogens with zero attached hydrogens (tertiary/aromatic N) is 2. The number of aliphatic hydroxyl groups is 1. The molecule has 1 aliphatic rings. The molecule has 1 fully saturated rings. The largest absolute Gasteiger partial charge is 0.369 e. The van der Waals surface area contributed by atoms with Gasteiger partial charge in [0.1, 0.15) is 0 Å². The predicted molar refractivity (Wildman–Crippen MR) is 108 cm³/mol. The van der Waals surface area contributed by atoms with Crippen molar-refractivity contribution in [2.24, 2.45) is 4.99 Å². The van der Waals surface area contributed by atoms with E-state index < -0.39 is 6.23 Å². The van der Waals surface area contributed by atoms with Crippen LogP contribution in [0.15, 0.2) is 47.1 Å². The van der Waals surface area contributed by atoms with Crippen molar-refractivity contribution in [2.75, 3.05) is 36.4 Å². The van der Waals surface area contributed by atoms with Gasteiger partial charge >= 0.3 is 0 Å². The molecule has 5 heteroatoms. The van der Waals surface area contributed by atoms with E-state index in [4.69, 9.17) is 0 Å². The third kappa shape index (κ3) is 5.18. The SMILES string of the molecule is C=N/C=C(\C=C/C)C(O)Nc1ccc(C(C)C)cc1N1CCNCC1. The molecule has 0 spiro atoms. The summed E-state index contributed by atoms with van der Waals surface area (Å²) in [5, 5.41) is 17.2. The van der Waals surface area contributed by atoms with Crippen molar-refractivity contribution in [2.45, 2.75) is 32.9 Å². The van der Waals surface area contributed by atoms with Gasteiger partial charge in [-0.1, -0.05) is 32.1 Å². The Labute approximate surface area is 151 Å². The average Bonchev–Trinajstić information content (AvgIpc) is 2.62. The second-order valence-electron chi connectivity index (χ2n) is 6.53. The topological polar surface area (TPSA) is 59.9 Å². The lowest BCUT2D eigenvalue weighted by atomic mass is 10.0. The molecule has 1 atom stereocenters. The zero-order chi connectivity index (χ0) is 18.2. The fourth-order valence-corrected chi connectivity index (χ4v) is 2.93. The number of rotatable bonds is 7. The highest BCUT2D eigenvalue weighted by molar-refractivity contribution is 5.72. The summed E-state index contributed by atoms with van der Waals surface area (Å²) in [5.41, 5.74) is 4.04. The van der Waals surface area contributed by atoms with Crippen LogP contribution in [0.4, 0.5) is 11.4 Å². The first kappa shape index (κ1) is 19.2. The molecule has 1 aliphatic heterocycles. The number of anilines is 2. The summed E-state index contributed by atoms with van der Waals surface area (Å²) in [6.45, 7) is 13.6. The minimum absolute atomic E-state index is 0.462. The van der Waals surface area contributed by atoms with Crippen LogP contribution in [0.2, 0.25) is 0 Å². The molecule has 25 heavy (non-hydrogen) atoms. The Bertz CT molecular complexity index is 631. The van der Waals surface area contributed by atoms with E-state index in [-0.39, 0.29) is 0 Å². The molecule has 136 valence electrons. The number of nitrogens with one attached hydrogen (secondary N) is 2. The number of benzene rings is 1. The molecule has 1 aromatic rings. The first-order chi connectivity index (χ1) is 12.1. The second-order valence-corrected chi connectivity index (χ2v) is 6.53. The van der Waals surface area contributed by atoms with Crippen molar-refractivity contribution in [1.29, 1.82) is 0 Å². The maximum absolute atomic E-state index is 10.6. The van der Waals surface area contributed by atoms with E-state index >= 15 is 0 Å². The summed E-state index contributed by atoms with van der Waals surface area (Å²) in [7, 11) is 0. The molecule has 1 unspecified atom stereocenters. The molecule has 1 saturated heterocycles. The van der Waals surface area contributed by atoms with Gasteiger partial charge in [0.2, 0.25) is 0 Å². The van der Waals surface area contributed by atoms with Gasteiger partial charge < -0.3 is 20.6 Å². The zero-order valence-corrected chi connectivity index (χ0v) is 15.5. The molecule has 0 aromatic heterocycles. The molecular formula is C20H30N4O. The lowest BCUT2D eigenvalue weighted by Crippen LogP contribution is -2.44. The van der Waals surface area contributed by atoms with Gasteiger partial charge in [-0.3, -0.25) is 4.99 Å². The molecule has 0 aliphatic carbocycles. The number of aliphatic imine (C=N–C) groups is 1. The van der Waals surface area contributed by atoms with Crippen molar-refractivity contribution in [1.82, 2.24) is 5.32 Å².